The van der Waals surface area contributed by atoms with Crippen LogP contribution in [0.15, 0.2) is 41.3 Å². The van der Waals surface area contributed by atoms with Gasteiger partial charge in [0.25, 0.3) is 5.79 Å². The number of aliphatic hydroxyl groups excluding tert-OH is 11. The highest BCUT2D eigenvalue weighted by molar-refractivity contribution is 8.00. The zero-order chi connectivity index (χ0) is 61.4. The lowest BCUT2D eigenvalue weighted by atomic mass is 9.88. The van der Waals surface area contributed by atoms with E-state index in [1.54, 1.807) is 0 Å². The molecule has 1 aromatic rings. The van der Waals surface area contributed by atoms with Gasteiger partial charge in [0.15, 0.2) is 12.6 Å². The highest BCUT2D eigenvalue weighted by Crippen LogP contribution is 2.39. The summed E-state index contributed by atoms with van der Waals surface area (Å²) >= 11 is -0.348. The third-order valence-corrected chi connectivity index (χ3v) is 15.2. The van der Waals surface area contributed by atoms with Crippen LogP contribution in [0.5, 0.6) is 0 Å². The fourth-order valence-electron chi connectivity index (χ4n) is 9.89. The largest absolute Gasteiger partial charge is 0.477 e. The number of aliphatic hydroxyl groups is 11. The molecule has 83 heavy (non-hydrogen) atoms. The number of nitrogens with one attached hydrogen (secondary N) is 3. The van der Waals surface area contributed by atoms with Crippen molar-refractivity contribution in [1.82, 2.24) is 10.6 Å². The predicted molar refractivity (Wildman–Crippen MR) is 287 cm³/mol. The molecule has 0 saturated carbocycles. The predicted octanol–water partition coefficient (Wildman–Crippen LogP) is 0.715. The van der Waals surface area contributed by atoms with Crippen LogP contribution in [-0.4, -0.2) is 227 Å². The van der Waals surface area contributed by atoms with Gasteiger partial charge in [-0.3, -0.25) is 14.4 Å². The van der Waals surface area contributed by atoms with Gasteiger partial charge in [-0.15, -0.1) is 0 Å². The SMILES string of the molecule is CCCCCCCCCCCCCCCCCC(=O)N[C@@H](CO[C@@H]1O[C@H](CO)[C@@H](O[C@@H]2O[C@H](CO)[C@H](O)[C@H](O[C@]3(C(=O)O)C[C@H](O)C(NC(C)=O)C([C@H](O)[C@H](O)CO)O3)[C@H]2O)[C@H](O)[C@H]1O)[C@H](O)/C=C/C(=O)Nc1ccc(SC(F)(F)F)cc1. The number of anilines is 1. The highest BCUT2D eigenvalue weighted by Gasteiger charge is 2.60. The van der Waals surface area contributed by atoms with Crippen LogP contribution in [0.4, 0.5) is 18.9 Å². The molecule has 15 N–H and O–H groups in total. The normalized spacial score (nSPS) is 30.1. The van der Waals surface area contributed by atoms with E-state index in [2.05, 4.69) is 22.9 Å². The standard InChI is InChI=1S/C54H86F3N3O22S/c1-3-4-5-6-7-8-9-10-11-12-13-14-15-16-17-18-39(68)60-33(34(65)23-24-40(69)59-31-19-21-32(22-20-31)83-54(55,56)57)29-77-50-45(73)44(72)47(38(28-63)79-50)80-51-46(74)49(43(71)37(27-62)78-51)82-53(52(75)76)25-35(66)41(58-30(2)64)48(81-53)42(70)36(67)26-61/h19-24,33-38,41-51,61-63,65-67,70-74H,3-18,25-29H2,1-2H3,(H,58,64)(H,59,69)(H,60,68)(H,75,76)/b24-23+/t33-,34+,35-,36+,37+,38+,41?,42+,43-,44+,45+,46+,47+,48?,49-,50+,51-,53-/m0/s1. The molecule has 1 aromatic carbocycles. The van der Waals surface area contributed by atoms with Gasteiger partial charge in [0.05, 0.1) is 50.7 Å². The number of hydrogen-bond donors (Lipinski definition) is 15. The summed E-state index contributed by atoms with van der Waals surface area (Å²) in [5, 5.41) is 137. The van der Waals surface area contributed by atoms with Gasteiger partial charge in [0.1, 0.15) is 67.1 Å². The minimum absolute atomic E-state index is 0.0278. The maximum Gasteiger partial charge on any atom is 0.446 e. The van der Waals surface area contributed by atoms with Crippen LogP contribution in [0, 0.1) is 0 Å². The van der Waals surface area contributed by atoms with Crippen molar-refractivity contribution in [3.05, 3.63) is 36.4 Å². The molecule has 2 unspecified atom stereocenters. The van der Waals surface area contributed by atoms with Crippen LogP contribution in [0.1, 0.15) is 123 Å². The average molecular weight is 1220 g/mol. The first-order chi connectivity index (χ1) is 39.4. The Morgan fingerprint density at radius 1 is 0.771 bits per heavy atom. The summed E-state index contributed by atoms with van der Waals surface area (Å²) in [6, 6.07) is 1.75. The number of carbonyl (C=O) groups excluding carboxylic acids is 3. The Bertz CT molecular complexity index is 2120. The monoisotopic (exact) mass is 1220 g/mol. The number of ether oxygens (including phenoxy) is 6. The fraction of sp³-hybridized carbons (Fsp3) is 0.778. The zero-order valence-electron chi connectivity index (χ0n) is 46.6. The molecule has 3 amide bonds. The molecule has 3 fully saturated rings. The minimum atomic E-state index is -4.53. The Balaban J connectivity index is 1.43. The fourth-order valence-corrected chi connectivity index (χ4v) is 10.4. The summed E-state index contributed by atoms with van der Waals surface area (Å²) in [4.78, 5) is 51.0. The first-order valence-corrected chi connectivity index (χ1v) is 29.1. The topological polar surface area (TPSA) is 403 Å². The van der Waals surface area contributed by atoms with Gasteiger partial charge >= 0.3 is 11.5 Å². The number of thioether (sulfide) groups is 1. The molecular formula is C54H86F3N3O22S. The molecule has 4 rings (SSSR count). The zero-order valence-corrected chi connectivity index (χ0v) is 47.4. The number of carboxylic acid groups (broad SMARTS) is 1. The third kappa shape index (κ3) is 22.8. The molecule has 18 atom stereocenters. The number of rotatable bonds is 36. The van der Waals surface area contributed by atoms with Crippen LogP contribution < -0.4 is 16.0 Å². The van der Waals surface area contributed by atoms with Crippen molar-refractivity contribution < 1.29 is 122 Å². The number of alkyl halides is 3. The summed E-state index contributed by atoms with van der Waals surface area (Å²) in [6.45, 7) is -0.652. The Hall–Kier alpha value is -3.70. The summed E-state index contributed by atoms with van der Waals surface area (Å²) in [6.07, 6.45) is -12.8. The smallest absolute Gasteiger partial charge is 0.446 e. The second-order valence-electron chi connectivity index (χ2n) is 21.1. The summed E-state index contributed by atoms with van der Waals surface area (Å²) < 4.78 is 72.6. The lowest BCUT2D eigenvalue weighted by Gasteiger charge is -2.50. The second-order valence-corrected chi connectivity index (χ2v) is 22.2. The number of amides is 3. The van der Waals surface area contributed by atoms with E-state index in [-0.39, 0.29) is 28.8 Å². The summed E-state index contributed by atoms with van der Waals surface area (Å²) in [7, 11) is 0. The molecule has 25 nitrogen and oxygen atoms in total. The number of carboxylic acids is 1. The van der Waals surface area contributed by atoms with Crippen LogP contribution in [0.2, 0.25) is 0 Å². The first-order valence-electron chi connectivity index (χ1n) is 28.2. The van der Waals surface area contributed by atoms with Crippen LogP contribution in [0.3, 0.4) is 0 Å². The Morgan fingerprint density at radius 3 is 1.87 bits per heavy atom. The molecule has 3 saturated heterocycles. The van der Waals surface area contributed by atoms with Crippen molar-refractivity contribution in [2.75, 3.05) is 31.7 Å². The molecule has 0 bridgehead atoms. The lowest BCUT2D eigenvalue weighted by Crippen LogP contribution is -2.70. The summed E-state index contributed by atoms with van der Waals surface area (Å²) in [5.41, 5.74) is -4.41. The molecule has 29 heteroatoms. The van der Waals surface area contributed by atoms with E-state index in [0.29, 0.717) is 6.42 Å². The maximum atomic E-state index is 13.3. The van der Waals surface area contributed by atoms with E-state index in [0.717, 1.165) is 63.3 Å². The second kappa shape index (κ2) is 35.8. The number of carbonyl (C=O) groups is 4. The van der Waals surface area contributed by atoms with Gasteiger partial charge in [-0.2, -0.15) is 13.2 Å². The van der Waals surface area contributed by atoms with Gasteiger partial charge in [0, 0.05) is 36.4 Å². The number of aliphatic carboxylic acids is 1. The van der Waals surface area contributed by atoms with Crippen LogP contribution >= 0.6 is 11.8 Å². The third-order valence-electron chi connectivity index (χ3n) is 14.5. The Kier molecular flexibility index (Phi) is 31.0. The van der Waals surface area contributed by atoms with Gasteiger partial charge in [0.2, 0.25) is 17.7 Å². The molecule has 476 valence electrons. The number of benzene rings is 1. The molecular weight excluding hydrogens is 1130 g/mol. The molecule has 3 heterocycles. The van der Waals surface area contributed by atoms with Crippen molar-refractivity contribution in [1.29, 1.82) is 0 Å². The molecule has 3 aliphatic rings. The van der Waals surface area contributed by atoms with Crippen molar-refractivity contribution in [3.8, 4) is 0 Å². The average Bonchev–Trinajstić information content (AvgIpc) is 2.05. The number of halogens is 3. The minimum Gasteiger partial charge on any atom is -0.477 e. The molecule has 0 spiro atoms. The summed E-state index contributed by atoms with van der Waals surface area (Å²) in [5.74, 6) is -7.31. The Labute approximate surface area is 483 Å². The van der Waals surface area contributed by atoms with E-state index in [1.807, 2.05) is 0 Å². The van der Waals surface area contributed by atoms with E-state index < -0.39 is 172 Å². The van der Waals surface area contributed by atoms with Crippen LogP contribution in [0.25, 0.3) is 0 Å². The van der Waals surface area contributed by atoms with E-state index in [9.17, 15) is 93.6 Å². The highest BCUT2D eigenvalue weighted by atomic mass is 32.2. The maximum absolute atomic E-state index is 13.3. The quantitative estimate of drug-likeness (QED) is 0.0250. The van der Waals surface area contributed by atoms with E-state index in [4.69, 9.17) is 28.4 Å². The van der Waals surface area contributed by atoms with Gasteiger partial charge < -0.3 is 106 Å². The van der Waals surface area contributed by atoms with E-state index in [1.165, 1.54) is 69.9 Å². The van der Waals surface area contributed by atoms with Crippen molar-refractivity contribution >= 4 is 41.1 Å². The molecule has 3 aliphatic heterocycles. The van der Waals surface area contributed by atoms with Gasteiger partial charge in [-0.1, -0.05) is 96.8 Å². The van der Waals surface area contributed by atoms with Crippen molar-refractivity contribution in [2.45, 2.75) is 243 Å². The Morgan fingerprint density at radius 2 is 1.34 bits per heavy atom. The van der Waals surface area contributed by atoms with E-state index >= 15 is 0 Å². The lowest BCUT2D eigenvalue weighted by molar-refractivity contribution is -0.386. The van der Waals surface area contributed by atoms with Crippen molar-refractivity contribution in [2.24, 2.45) is 0 Å². The number of hydrogen-bond acceptors (Lipinski definition) is 22. The molecule has 0 radical (unpaired) electrons. The van der Waals surface area contributed by atoms with Crippen LogP contribution in [-0.2, 0) is 47.6 Å². The first kappa shape index (κ1) is 71.8. The van der Waals surface area contributed by atoms with Gasteiger partial charge in [-0.25, -0.2) is 4.79 Å². The molecule has 0 aliphatic carbocycles. The number of unbranched alkanes of at least 4 members (excludes halogenated alkanes) is 14. The molecule has 0 aromatic heterocycles. The van der Waals surface area contributed by atoms with Crippen molar-refractivity contribution in [3.63, 3.8) is 0 Å². The van der Waals surface area contributed by atoms with Gasteiger partial charge in [-0.05, 0) is 48.5 Å².